The van der Waals surface area contributed by atoms with Gasteiger partial charge in [-0.3, -0.25) is 0 Å². The first-order valence-corrected chi connectivity index (χ1v) is 6.66. The van der Waals surface area contributed by atoms with Crippen molar-refractivity contribution in [1.82, 2.24) is 0 Å². The van der Waals surface area contributed by atoms with Crippen molar-refractivity contribution in [1.29, 1.82) is 0 Å². The second kappa shape index (κ2) is 5.19. The minimum Gasteiger partial charge on any atom is -0.478 e. The number of hydrogen-bond acceptors (Lipinski definition) is 1. The maximum Gasteiger partial charge on any atom is 0.335 e. The molecule has 0 saturated heterocycles. The largest absolute Gasteiger partial charge is 0.478 e. The molecular weight excluding hydrogens is 291 g/mol. The molecule has 0 aliphatic rings. The average Bonchev–Trinajstić information content (AvgIpc) is 2.49. The lowest BCUT2D eigenvalue weighted by Gasteiger charge is -2.10. The Labute approximate surface area is 125 Å². The Morgan fingerprint density at radius 2 is 1.67 bits per heavy atom. The Kier molecular flexibility index (Phi) is 3.35. The van der Waals surface area contributed by atoms with Crippen LogP contribution < -0.4 is 0 Å². The molecule has 0 unspecified atom stereocenters. The number of carboxylic acid groups (broad SMARTS) is 1. The smallest absolute Gasteiger partial charge is 0.335 e. The van der Waals surface area contributed by atoms with E-state index in [1.165, 1.54) is 18.2 Å². The summed E-state index contributed by atoms with van der Waals surface area (Å²) in [6.07, 6.45) is 0. The summed E-state index contributed by atoms with van der Waals surface area (Å²) in [5.74, 6) is -1.55. The van der Waals surface area contributed by atoms with Crippen molar-refractivity contribution < 1.29 is 14.3 Å². The Hall–Kier alpha value is -2.39. The molecule has 0 aliphatic carbocycles. The number of fused-ring (bicyclic) bond motifs is 1. The van der Waals surface area contributed by atoms with E-state index in [0.717, 1.165) is 10.8 Å². The molecule has 0 aliphatic heterocycles. The van der Waals surface area contributed by atoms with Gasteiger partial charge in [-0.1, -0.05) is 41.9 Å². The highest BCUT2D eigenvalue weighted by Crippen LogP contribution is 2.34. The van der Waals surface area contributed by atoms with Crippen LogP contribution in [0.3, 0.4) is 0 Å². The van der Waals surface area contributed by atoms with Crippen LogP contribution in [0.1, 0.15) is 10.4 Å². The van der Waals surface area contributed by atoms with Crippen LogP contribution in [0.5, 0.6) is 0 Å². The first-order valence-electron chi connectivity index (χ1n) is 6.28. The number of benzene rings is 3. The molecule has 0 heterocycles. The van der Waals surface area contributed by atoms with Gasteiger partial charge in [-0.25, -0.2) is 9.18 Å². The van der Waals surface area contributed by atoms with E-state index in [-0.39, 0.29) is 11.1 Å². The van der Waals surface area contributed by atoms with E-state index in [1.54, 1.807) is 12.1 Å². The molecule has 0 fully saturated rings. The lowest BCUT2D eigenvalue weighted by atomic mass is 9.96. The normalized spacial score (nSPS) is 10.8. The van der Waals surface area contributed by atoms with Gasteiger partial charge in [0.15, 0.2) is 0 Å². The van der Waals surface area contributed by atoms with Crippen LogP contribution in [-0.2, 0) is 0 Å². The summed E-state index contributed by atoms with van der Waals surface area (Å²) in [6.45, 7) is 0. The van der Waals surface area contributed by atoms with Gasteiger partial charge in [0, 0.05) is 16.0 Å². The van der Waals surface area contributed by atoms with Gasteiger partial charge in [-0.2, -0.15) is 0 Å². The van der Waals surface area contributed by atoms with Gasteiger partial charge >= 0.3 is 5.97 Å². The zero-order valence-corrected chi connectivity index (χ0v) is 11.6. The Balaban J connectivity index is 2.33. The summed E-state index contributed by atoms with van der Waals surface area (Å²) in [6, 6.07) is 14.5. The molecule has 4 heteroatoms. The summed E-state index contributed by atoms with van der Waals surface area (Å²) in [5, 5.41) is 11.2. The summed E-state index contributed by atoms with van der Waals surface area (Å²) >= 11 is 6.15. The van der Waals surface area contributed by atoms with Gasteiger partial charge in [0.1, 0.15) is 5.82 Å². The van der Waals surface area contributed by atoms with Crippen LogP contribution in [0.2, 0.25) is 5.02 Å². The number of rotatable bonds is 2. The van der Waals surface area contributed by atoms with Gasteiger partial charge in [0.2, 0.25) is 0 Å². The Morgan fingerprint density at radius 3 is 2.38 bits per heavy atom. The van der Waals surface area contributed by atoms with Crippen molar-refractivity contribution >= 4 is 28.3 Å². The van der Waals surface area contributed by atoms with E-state index in [9.17, 15) is 9.18 Å². The van der Waals surface area contributed by atoms with Crippen molar-refractivity contribution in [2.75, 3.05) is 0 Å². The number of aromatic carboxylic acids is 1. The summed E-state index contributed by atoms with van der Waals surface area (Å²) in [5.41, 5.74) is 0.920. The SMILES string of the molecule is O=C(O)c1ccc(F)c(-c2ccc(Cl)c3ccccc23)c1. The van der Waals surface area contributed by atoms with E-state index < -0.39 is 11.8 Å². The third-order valence-corrected chi connectivity index (χ3v) is 3.70. The zero-order chi connectivity index (χ0) is 15.0. The van der Waals surface area contributed by atoms with E-state index in [0.29, 0.717) is 10.6 Å². The monoisotopic (exact) mass is 300 g/mol. The van der Waals surface area contributed by atoms with Crippen molar-refractivity contribution in [3.63, 3.8) is 0 Å². The van der Waals surface area contributed by atoms with Crippen LogP contribution in [0.15, 0.2) is 54.6 Å². The third kappa shape index (κ3) is 2.36. The van der Waals surface area contributed by atoms with Crippen LogP contribution in [0.4, 0.5) is 4.39 Å². The van der Waals surface area contributed by atoms with Gasteiger partial charge in [-0.15, -0.1) is 0 Å². The maximum atomic E-state index is 14.1. The highest BCUT2D eigenvalue weighted by atomic mass is 35.5. The van der Waals surface area contributed by atoms with E-state index >= 15 is 0 Å². The predicted molar refractivity (Wildman–Crippen MR) is 81.3 cm³/mol. The van der Waals surface area contributed by atoms with Crippen molar-refractivity contribution in [2.24, 2.45) is 0 Å². The van der Waals surface area contributed by atoms with E-state index in [2.05, 4.69) is 0 Å². The van der Waals surface area contributed by atoms with Gasteiger partial charge in [0.05, 0.1) is 5.56 Å². The van der Waals surface area contributed by atoms with Gasteiger partial charge in [0.25, 0.3) is 0 Å². The summed E-state index contributed by atoms with van der Waals surface area (Å²) < 4.78 is 14.1. The topological polar surface area (TPSA) is 37.3 Å². The van der Waals surface area contributed by atoms with E-state index in [4.69, 9.17) is 16.7 Å². The van der Waals surface area contributed by atoms with Crippen molar-refractivity contribution in [2.45, 2.75) is 0 Å². The fraction of sp³-hybridized carbons (Fsp3) is 0. The molecule has 3 aromatic carbocycles. The van der Waals surface area contributed by atoms with Gasteiger partial charge < -0.3 is 5.11 Å². The lowest BCUT2D eigenvalue weighted by molar-refractivity contribution is 0.0697. The second-order valence-electron chi connectivity index (χ2n) is 4.64. The highest BCUT2D eigenvalue weighted by Gasteiger charge is 2.13. The predicted octanol–water partition coefficient (Wildman–Crippen LogP) is 5.00. The van der Waals surface area contributed by atoms with Crippen molar-refractivity contribution in [3.8, 4) is 11.1 Å². The minimum atomic E-state index is -1.09. The highest BCUT2D eigenvalue weighted by molar-refractivity contribution is 6.36. The maximum absolute atomic E-state index is 14.1. The Bertz CT molecular complexity index is 859. The zero-order valence-electron chi connectivity index (χ0n) is 10.8. The molecule has 0 aromatic heterocycles. The molecule has 104 valence electrons. The number of hydrogen-bond donors (Lipinski definition) is 1. The van der Waals surface area contributed by atoms with E-state index in [1.807, 2.05) is 24.3 Å². The van der Waals surface area contributed by atoms with Crippen molar-refractivity contribution in [3.05, 3.63) is 71.0 Å². The molecule has 0 bridgehead atoms. The molecule has 2 nitrogen and oxygen atoms in total. The average molecular weight is 301 g/mol. The first kappa shape index (κ1) is 13.6. The van der Waals surface area contributed by atoms with Crippen LogP contribution >= 0.6 is 11.6 Å². The lowest BCUT2D eigenvalue weighted by Crippen LogP contribution is -1.98. The molecule has 1 N–H and O–H groups in total. The van der Waals surface area contributed by atoms with Crippen LogP contribution in [0.25, 0.3) is 21.9 Å². The molecule has 0 spiro atoms. The number of halogens is 2. The fourth-order valence-corrected chi connectivity index (χ4v) is 2.59. The minimum absolute atomic E-state index is 0.0467. The standard InChI is InChI=1S/C17H10ClFO2/c18-15-7-6-12(11-3-1-2-4-13(11)15)14-9-10(17(20)21)5-8-16(14)19/h1-9H,(H,20,21). The molecule has 0 atom stereocenters. The fourth-order valence-electron chi connectivity index (χ4n) is 2.36. The molecule has 0 saturated carbocycles. The molecule has 0 radical (unpaired) electrons. The first-order chi connectivity index (χ1) is 10.1. The molecular formula is C17H10ClFO2. The summed E-state index contributed by atoms with van der Waals surface area (Å²) in [7, 11) is 0. The third-order valence-electron chi connectivity index (χ3n) is 3.37. The molecule has 3 aromatic rings. The molecule has 0 amide bonds. The molecule has 21 heavy (non-hydrogen) atoms. The number of carboxylic acids is 1. The van der Waals surface area contributed by atoms with Crippen LogP contribution in [0, 0.1) is 5.82 Å². The molecule has 3 rings (SSSR count). The van der Waals surface area contributed by atoms with Crippen LogP contribution in [-0.4, -0.2) is 11.1 Å². The second-order valence-corrected chi connectivity index (χ2v) is 5.05. The Morgan fingerprint density at radius 1 is 0.952 bits per heavy atom. The quantitative estimate of drug-likeness (QED) is 0.723. The van der Waals surface area contributed by atoms with Gasteiger partial charge in [-0.05, 0) is 35.2 Å². The summed E-state index contributed by atoms with van der Waals surface area (Å²) in [4.78, 5) is 11.1. The number of carbonyl (C=O) groups is 1.